The smallest absolute Gasteiger partial charge is 0.0964 e. The Hall–Kier alpha value is -3.44. The molecule has 3 aromatic rings. The summed E-state index contributed by atoms with van der Waals surface area (Å²) >= 11 is 0. The highest BCUT2D eigenvalue weighted by molar-refractivity contribution is 6.03. The molecular formula is C27H30N5+. The number of hydrogen-bond donors (Lipinski definition) is 1. The minimum atomic E-state index is 0.193. The fourth-order valence-electron chi connectivity index (χ4n) is 4.34. The predicted octanol–water partition coefficient (Wildman–Crippen LogP) is 3.21. The Morgan fingerprint density at radius 2 is 1.53 bits per heavy atom. The van der Waals surface area contributed by atoms with Crippen LogP contribution in [0.1, 0.15) is 29.2 Å². The fourth-order valence-corrected chi connectivity index (χ4v) is 4.34. The molecule has 2 heterocycles. The second-order valence-electron chi connectivity index (χ2n) is 8.63. The number of hydrogen-bond acceptors (Lipinski definition) is 4. The lowest BCUT2D eigenvalue weighted by atomic mass is 9.98. The number of nitrogens with zero attached hydrogens (tertiary/aromatic N) is 4. The van der Waals surface area contributed by atoms with Crippen LogP contribution in [-0.4, -0.2) is 50.2 Å². The van der Waals surface area contributed by atoms with Crippen LogP contribution in [-0.2, 0) is 0 Å². The zero-order valence-electron chi connectivity index (χ0n) is 18.6. The maximum atomic E-state index is 5.05. The topological polar surface area (TPSA) is 35.6 Å². The normalized spacial score (nSPS) is 19.5. The molecule has 32 heavy (non-hydrogen) atoms. The van der Waals surface area contributed by atoms with Crippen LogP contribution in [0, 0.1) is 0 Å². The molecule has 0 bridgehead atoms. The molecular weight excluding hydrogens is 394 g/mol. The third-order valence-corrected chi connectivity index (χ3v) is 6.32. The summed E-state index contributed by atoms with van der Waals surface area (Å²) in [6, 6.07) is 29.9. The minimum Gasteiger partial charge on any atom is -0.334 e. The monoisotopic (exact) mass is 424 g/mol. The van der Waals surface area contributed by atoms with E-state index in [0.717, 1.165) is 49.6 Å². The van der Waals surface area contributed by atoms with Gasteiger partial charge in [0.15, 0.2) is 0 Å². The molecule has 0 spiro atoms. The highest BCUT2D eigenvalue weighted by Crippen LogP contribution is 2.36. The van der Waals surface area contributed by atoms with E-state index in [0.29, 0.717) is 0 Å². The van der Waals surface area contributed by atoms with Crippen molar-refractivity contribution in [3.05, 3.63) is 102 Å². The number of piperazine rings is 1. The van der Waals surface area contributed by atoms with E-state index in [9.17, 15) is 0 Å². The maximum absolute atomic E-state index is 5.05. The lowest BCUT2D eigenvalue weighted by molar-refractivity contribution is -0.884. The fraction of sp³-hybridized carbons (Fsp3) is 0.259. The molecule has 162 valence electrons. The molecule has 1 saturated heterocycles. The van der Waals surface area contributed by atoms with E-state index in [4.69, 9.17) is 5.10 Å². The lowest BCUT2D eigenvalue weighted by Gasteiger charge is -2.27. The summed E-state index contributed by atoms with van der Waals surface area (Å²) in [5.41, 5.74) is 5.81. The van der Waals surface area contributed by atoms with E-state index in [1.54, 1.807) is 4.90 Å². The van der Waals surface area contributed by atoms with Crippen molar-refractivity contribution in [1.82, 2.24) is 5.01 Å². The van der Waals surface area contributed by atoms with Crippen LogP contribution in [0.15, 0.2) is 95.1 Å². The molecule has 2 aliphatic rings. The molecule has 0 unspecified atom stereocenters. The van der Waals surface area contributed by atoms with Gasteiger partial charge in [-0.3, -0.25) is 10.0 Å². The van der Waals surface area contributed by atoms with Gasteiger partial charge in [0.25, 0.3) is 0 Å². The number of hydrazone groups is 2. The number of likely N-dealkylation sites (N-methyl/N-ethyl adjacent to an activating group) is 1. The molecule has 0 radical (unpaired) electrons. The summed E-state index contributed by atoms with van der Waals surface area (Å²) in [5, 5.41) is 14.1. The van der Waals surface area contributed by atoms with Crippen LogP contribution < -0.4 is 9.91 Å². The second-order valence-corrected chi connectivity index (χ2v) is 8.63. The van der Waals surface area contributed by atoms with Gasteiger partial charge >= 0.3 is 0 Å². The third kappa shape index (κ3) is 4.58. The zero-order valence-corrected chi connectivity index (χ0v) is 18.6. The van der Waals surface area contributed by atoms with Gasteiger partial charge in [-0.2, -0.15) is 10.2 Å². The maximum Gasteiger partial charge on any atom is 0.0964 e. The highest BCUT2D eigenvalue weighted by atomic mass is 15.5. The van der Waals surface area contributed by atoms with Crippen molar-refractivity contribution in [1.29, 1.82) is 0 Å². The van der Waals surface area contributed by atoms with Gasteiger partial charge in [-0.15, -0.1) is 0 Å². The Morgan fingerprint density at radius 1 is 0.875 bits per heavy atom. The van der Waals surface area contributed by atoms with Crippen molar-refractivity contribution in [3.63, 3.8) is 0 Å². The van der Waals surface area contributed by atoms with E-state index in [1.807, 2.05) is 6.21 Å². The first-order chi connectivity index (χ1) is 15.8. The zero-order chi connectivity index (χ0) is 21.8. The number of anilines is 1. The summed E-state index contributed by atoms with van der Waals surface area (Å²) in [7, 11) is 2.24. The molecule has 1 N–H and O–H groups in total. The van der Waals surface area contributed by atoms with E-state index < -0.39 is 0 Å². The second kappa shape index (κ2) is 9.37. The Bertz CT molecular complexity index is 1070. The van der Waals surface area contributed by atoms with Crippen molar-refractivity contribution in [2.24, 2.45) is 10.2 Å². The molecule has 1 atom stereocenters. The van der Waals surface area contributed by atoms with E-state index in [2.05, 4.69) is 107 Å². The number of benzene rings is 3. The summed E-state index contributed by atoms with van der Waals surface area (Å²) in [5.74, 6) is 0. The Balaban J connectivity index is 1.37. The number of quaternary nitrogens is 1. The molecule has 3 aromatic carbocycles. The molecule has 0 aromatic heterocycles. The van der Waals surface area contributed by atoms with Crippen LogP contribution in [0.25, 0.3) is 0 Å². The molecule has 0 saturated carbocycles. The van der Waals surface area contributed by atoms with E-state index >= 15 is 0 Å². The molecule has 2 aliphatic heterocycles. The Labute approximate surface area is 190 Å². The minimum absolute atomic E-state index is 0.193. The van der Waals surface area contributed by atoms with E-state index in [-0.39, 0.29) is 6.04 Å². The number of rotatable bonds is 5. The van der Waals surface area contributed by atoms with Crippen molar-refractivity contribution in [2.45, 2.75) is 12.5 Å². The molecule has 0 aliphatic carbocycles. The van der Waals surface area contributed by atoms with Gasteiger partial charge in [0.2, 0.25) is 0 Å². The van der Waals surface area contributed by atoms with Crippen LogP contribution in [0.4, 0.5) is 5.69 Å². The highest BCUT2D eigenvalue weighted by Gasteiger charge is 2.29. The Kier molecular flexibility index (Phi) is 5.99. The van der Waals surface area contributed by atoms with E-state index in [1.165, 1.54) is 11.1 Å². The molecule has 5 nitrogen and oxygen atoms in total. The van der Waals surface area contributed by atoms with Crippen molar-refractivity contribution >= 4 is 17.6 Å². The summed E-state index contributed by atoms with van der Waals surface area (Å²) < 4.78 is 0. The van der Waals surface area contributed by atoms with Crippen molar-refractivity contribution in [2.75, 3.05) is 38.2 Å². The van der Waals surface area contributed by atoms with Gasteiger partial charge in [0.1, 0.15) is 0 Å². The molecule has 0 amide bonds. The number of nitrogens with one attached hydrogen (secondary N) is 1. The summed E-state index contributed by atoms with van der Waals surface area (Å²) in [6.07, 6.45) is 2.87. The van der Waals surface area contributed by atoms with Crippen molar-refractivity contribution in [3.8, 4) is 0 Å². The van der Waals surface area contributed by atoms with Gasteiger partial charge in [-0.25, -0.2) is 0 Å². The molecule has 1 fully saturated rings. The average Bonchev–Trinajstić information content (AvgIpc) is 3.31. The van der Waals surface area contributed by atoms with Crippen LogP contribution in [0.3, 0.4) is 0 Å². The standard InChI is InChI=1S/C27H29N5/c1-30-16-18-31(19-17-30)28-21-22-12-14-25(15-13-22)32-27(24-10-6-3-7-11-24)20-26(29-32)23-8-4-2-5-9-23/h2-15,21,27H,16-20H2,1H3/p+1/b28-21-/t27-/m0/s1. The summed E-state index contributed by atoms with van der Waals surface area (Å²) in [6.45, 7) is 4.33. The molecule has 5 heteroatoms. The van der Waals surface area contributed by atoms with Crippen LogP contribution in [0.5, 0.6) is 0 Å². The predicted molar refractivity (Wildman–Crippen MR) is 131 cm³/mol. The summed E-state index contributed by atoms with van der Waals surface area (Å²) in [4.78, 5) is 1.58. The Morgan fingerprint density at radius 3 is 2.22 bits per heavy atom. The quantitative estimate of drug-likeness (QED) is 0.639. The van der Waals surface area contributed by atoms with Gasteiger partial charge in [0, 0.05) is 6.42 Å². The van der Waals surface area contributed by atoms with Gasteiger partial charge in [0.05, 0.1) is 56.9 Å². The third-order valence-electron chi connectivity index (χ3n) is 6.32. The van der Waals surface area contributed by atoms with Gasteiger partial charge < -0.3 is 4.90 Å². The van der Waals surface area contributed by atoms with Gasteiger partial charge in [-0.1, -0.05) is 72.8 Å². The first kappa shape index (κ1) is 20.5. The largest absolute Gasteiger partial charge is 0.334 e. The molecule has 5 rings (SSSR count). The van der Waals surface area contributed by atoms with Crippen LogP contribution >= 0.6 is 0 Å². The lowest BCUT2D eigenvalue weighted by Crippen LogP contribution is -3.11. The SMILES string of the molecule is C[NH+]1CCN(/N=C\c2ccc(N3N=C(c4ccccc4)C[C@H]3c3ccccc3)cc2)CC1. The average molecular weight is 425 g/mol. The first-order valence-corrected chi connectivity index (χ1v) is 11.4. The van der Waals surface area contributed by atoms with Gasteiger partial charge in [-0.05, 0) is 28.8 Å². The van der Waals surface area contributed by atoms with Crippen molar-refractivity contribution < 1.29 is 4.90 Å². The van der Waals surface area contributed by atoms with Crippen LogP contribution in [0.2, 0.25) is 0 Å². The first-order valence-electron chi connectivity index (χ1n) is 11.4.